The summed E-state index contributed by atoms with van der Waals surface area (Å²) in [7, 11) is 0. The van der Waals surface area contributed by atoms with Gasteiger partial charge in [-0.05, 0) is 24.5 Å². The quantitative estimate of drug-likeness (QED) is 0.847. The molecule has 7 heteroatoms. The van der Waals surface area contributed by atoms with E-state index in [-0.39, 0.29) is 23.8 Å². The first-order valence-corrected chi connectivity index (χ1v) is 8.18. The number of aromatic nitrogens is 1. The van der Waals surface area contributed by atoms with Crippen LogP contribution in [-0.2, 0) is 6.54 Å². The lowest BCUT2D eigenvalue weighted by molar-refractivity contribution is 0.0945. The van der Waals surface area contributed by atoms with Crippen molar-refractivity contribution in [3.63, 3.8) is 0 Å². The SMILES string of the molecule is CC(C)CC(N)c1nc(C(=O)NCc2c(F)cccc2F)cs1. The third-order valence-electron chi connectivity index (χ3n) is 3.28. The fourth-order valence-corrected chi connectivity index (χ4v) is 2.95. The third kappa shape index (κ3) is 4.56. The molecule has 124 valence electrons. The standard InChI is InChI=1S/C16H19F2N3OS/c1-9(2)6-13(19)16-21-14(8-23-16)15(22)20-7-10-11(17)4-3-5-12(10)18/h3-5,8-9,13H,6-7,19H2,1-2H3,(H,20,22). The molecular formula is C16H19F2N3OS. The number of halogens is 2. The predicted molar refractivity (Wildman–Crippen MR) is 86.0 cm³/mol. The molecule has 1 aromatic carbocycles. The van der Waals surface area contributed by atoms with E-state index in [9.17, 15) is 13.6 Å². The molecule has 1 heterocycles. The van der Waals surface area contributed by atoms with E-state index in [1.807, 2.05) is 0 Å². The van der Waals surface area contributed by atoms with Gasteiger partial charge in [-0.3, -0.25) is 4.79 Å². The van der Waals surface area contributed by atoms with Crippen LogP contribution in [0.25, 0.3) is 0 Å². The number of benzene rings is 1. The molecule has 0 saturated heterocycles. The van der Waals surface area contributed by atoms with E-state index in [1.54, 1.807) is 5.38 Å². The van der Waals surface area contributed by atoms with Crippen LogP contribution >= 0.6 is 11.3 Å². The van der Waals surface area contributed by atoms with Gasteiger partial charge < -0.3 is 11.1 Å². The predicted octanol–water partition coefficient (Wildman–Crippen LogP) is 3.40. The Labute approximate surface area is 137 Å². The number of nitrogens with one attached hydrogen (secondary N) is 1. The lowest BCUT2D eigenvalue weighted by Crippen LogP contribution is -2.24. The number of rotatable bonds is 6. The molecule has 23 heavy (non-hydrogen) atoms. The molecule has 0 fully saturated rings. The van der Waals surface area contributed by atoms with Crippen LogP contribution in [-0.4, -0.2) is 10.9 Å². The average molecular weight is 339 g/mol. The van der Waals surface area contributed by atoms with Crippen molar-refractivity contribution in [1.29, 1.82) is 0 Å². The van der Waals surface area contributed by atoms with Crippen LogP contribution in [0.15, 0.2) is 23.6 Å². The van der Waals surface area contributed by atoms with E-state index < -0.39 is 17.5 Å². The second kappa shape index (κ2) is 7.61. The number of hydrogen-bond donors (Lipinski definition) is 2. The Morgan fingerprint density at radius 2 is 2.00 bits per heavy atom. The van der Waals surface area contributed by atoms with Crippen LogP contribution in [0.5, 0.6) is 0 Å². The topological polar surface area (TPSA) is 68.0 Å². The summed E-state index contributed by atoms with van der Waals surface area (Å²) in [6.45, 7) is 3.89. The Balaban J connectivity index is 2.00. The van der Waals surface area contributed by atoms with E-state index in [2.05, 4.69) is 24.1 Å². The molecule has 0 spiro atoms. The third-order valence-corrected chi connectivity index (χ3v) is 4.26. The molecule has 2 rings (SSSR count). The summed E-state index contributed by atoms with van der Waals surface area (Å²) >= 11 is 1.31. The molecule has 0 aliphatic carbocycles. The highest BCUT2D eigenvalue weighted by Gasteiger charge is 2.17. The summed E-state index contributed by atoms with van der Waals surface area (Å²) in [4.78, 5) is 16.3. The summed E-state index contributed by atoms with van der Waals surface area (Å²) in [6.07, 6.45) is 0.773. The maximum Gasteiger partial charge on any atom is 0.271 e. The van der Waals surface area contributed by atoms with Crippen LogP contribution in [0.2, 0.25) is 0 Å². The van der Waals surface area contributed by atoms with Gasteiger partial charge in [0.2, 0.25) is 0 Å². The normalized spacial score (nSPS) is 12.4. The number of carbonyl (C=O) groups is 1. The molecule has 0 bridgehead atoms. The summed E-state index contributed by atoms with van der Waals surface area (Å²) < 4.78 is 27.0. The number of amides is 1. The fourth-order valence-electron chi connectivity index (χ4n) is 2.13. The van der Waals surface area contributed by atoms with Crippen molar-refractivity contribution in [3.05, 3.63) is 51.5 Å². The van der Waals surface area contributed by atoms with E-state index in [0.717, 1.165) is 18.6 Å². The minimum Gasteiger partial charge on any atom is -0.346 e. The van der Waals surface area contributed by atoms with Crippen LogP contribution in [0.3, 0.4) is 0 Å². The minimum atomic E-state index is -0.691. The molecule has 1 aromatic heterocycles. The minimum absolute atomic E-state index is 0.173. The van der Waals surface area contributed by atoms with Crippen molar-refractivity contribution < 1.29 is 13.6 Å². The summed E-state index contributed by atoms with van der Waals surface area (Å²) in [5.41, 5.74) is 6.07. The number of carbonyl (C=O) groups excluding carboxylic acids is 1. The molecule has 2 aromatic rings. The fraction of sp³-hybridized carbons (Fsp3) is 0.375. The van der Waals surface area contributed by atoms with Crippen molar-refractivity contribution in [2.75, 3.05) is 0 Å². The van der Waals surface area contributed by atoms with Gasteiger partial charge >= 0.3 is 0 Å². The van der Waals surface area contributed by atoms with Crippen molar-refractivity contribution >= 4 is 17.2 Å². The molecule has 0 saturated carbocycles. The number of nitrogens with zero attached hydrogens (tertiary/aromatic N) is 1. The van der Waals surface area contributed by atoms with Crippen LogP contribution in [0.1, 0.15) is 47.4 Å². The number of nitrogens with two attached hydrogens (primary N) is 1. The lowest BCUT2D eigenvalue weighted by atomic mass is 10.1. The second-order valence-electron chi connectivity index (χ2n) is 5.69. The Morgan fingerprint density at radius 3 is 2.61 bits per heavy atom. The largest absolute Gasteiger partial charge is 0.346 e. The monoisotopic (exact) mass is 339 g/mol. The van der Waals surface area contributed by atoms with Crippen LogP contribution < -0.4 is 11.1 Å². The van der Waals surface area contributed by atoms with E-state index in [0.29, 0.717) is 10.9 Å². The highest BCUT2D eigenvalue weighted by atomic mass is 32.1. The Hall–Kier alpha value is -1.86. The summed E-state index contributed by atoms with van der Waals surface area (Å²) in [5.74, 6) is -1.44. The van der Waals surface area contributed by atoms with E-state index in [4.69, 9.17) is 5.73 Å². The van der Waals surface area contributed by atoms with Gasteiger partial charge in [0.15, 0.2) is 0 Å². The van der Waals surface area contributed by atoms with Crippen LogP contribution in [0.4, 0.5) is 8.78 Å². The molecule has 1 amide bonds. The van der Waals surface area contributed by atoms with E-state index in [1.165, 1.54) is 17.4 Å². The lowest BCUT2D eigenvalue weighted by Gasteiger charge is -2.10. The highest BCUT2D eigenvalue weighted by Crippen LogP contribution is 2.22. The van der Waals surface area contributed by atoms with E-state index >= 15 is 0 Å². The number of thiazole rings is 1. The molecule has 0 aliphatic rings. The molecule has 3 N–H and O–H groups in total. The second-order valence-corrected chi connectivity index (χ2v) is 6.58. The van der Waals surface area contributed by atoms with Gasteiger partial charge in [-0.1, -0.05) is 19.9 Å². The van der Waals surface area contributed by atoms with Crippen molar-refractivity contribution in [1.82, 2.24) is 10.3 Å². The molecule has 1 atom stereocenters. The number of hydrogen-bond acceptors (Lipinski definition) is 4. The van der Waals surface area contributed by atoms with Crippen molar-refractivity contribution in [2.45, 2.75) is 32.9 Å². The van der Waals surface area contributed by atoms with Gasteiger partial charge in [-0.25, -0.2) is 13.8 Å². The highest BCUT2D eigenvalue weighted by molar-refractivity contribution is 7.09. The Morgan fingerprint density at radius 1 is 1.35 bits per heavy atom. The van der Waals surface area contributed by atoms with Crippen molar-refractivity contribution in [3.8, 4) is 0 Å². The molecule has 0 aliphatic heterocycles. The maximum atomic E-state index is 13.5. The first-order valence-electron chi connectivity index (χ1n) is 7.30. The maximum absolute atomic E-state index is 13.5. The van der Waals surface area contributed by atoms with Gasteiger partial charge in [0.1, 0.15) is 22.3 Å². The average Bonchev–Trinajstić information content (AvgIpc) is 2.95. The zero-order valence-corrected chi connectivity index (χ0v) is 13.8. The van der Waals surface area contributed by atoms with Gasteiger partial charge in [-0.15, -0.1) is 11.3 Å². The molecule has 1 unspecified atom stereocenters. The van der Waals surface area contributed by atoms with Gasteiger partial charge in [-0.2, -0.15) is 0 Å². The van der Waals surface area contributed by atoms with Crippen molar-refractivity contribution in [2.24, 2.45) is 11.7 Å². The molecule has 0 radical (unpaired) electrons. The molecular weight excluding hydrogens is 320 g/mol. The Kier molecular flexibility index (Phi) is 5.79. The van der Waals surface area contributed by atoms with Gasteiger partial charge in [0.25, 0.3) is 5.91 Å². The zero-order valence-electron chi connectivity index (χ0n) is 13.0. The Bertz CT molecular complexity index is 667. The smallest absolute Gasteiger partial charge is 0.271 e. The van der Waals surface area contributed by atoms with Gasteiger partial charge in [0.05, 0.1) is 6.04 Å². The summed E-state index contributed by atoms with van der Waals surface area (Å²) in [5, 5.41) is 4.76. The molecule has 4 nitrogen and oxygen atoms in total. The summed E-state index contributed by atoms with van der Waals surface area (Å²) in [6, 6.07) is 3.36. The van der Waals surface area contributed by atoms with Crippen LogP contribution in [0, 0.1) is 17.6 Å². The van der Waals surface area contributed by atoms with Gasteiger partial charge in [0, 0.05) is 17.5 Å². The first kappa shape index (κ1) is 17.5. The zero-order chi connectivity index (χ0) is 17.0. The first-order chi connectivity index (χ1) is 10.9.